The molecule has 1 aromatic rings. The molecule has 1 aromatic carbocycles. The Hall–Kier alpha value is -2.15. The number of hydrogen-bond acceptors (Lipinski definition) is 5. The van der Waals surface area contributed by atoms with Crippen LogP contribution >= 0.6 is 0 Å². The first-order chi connectivity index (χ1) is 7.50. The van der Waals surface area contributed by atoms with Crippen molar-refractivity contribution in [3.8, 4) is 0 Å². The Balaban J connectivity index is 2.55. The second kappa shape index (κ2) is 3.46. The van der Waals surface area contributed by atoms with E-state index in [-0.39, 0.29) is 17.9 Å². The van der Waals surface area contributed by atoms with Gasteiger partial charge < -0.3 is 4.90 Å². The van der Waals surface area contributed by atoms with Gasteiger partial charge in [0.15, 0.2) is 0 Å². The molecule has 1 aliphatic heterocycles. The minimum Gasteiger partial charge on any atom is -0.363 e. The third kappa shape index (κ3) is 1.47. The maximum Gasteiger partial charge on any atom is 0.271 e. The van der Waals surface area contributed by atoms with Gasteiger partial charge in [-0.3, -0.25) is 20.1 Å². The first-order valence-electron chi connectivity index (χ1n) is 4.52. The maximum absolute atomic E-state index is 11.3. The molecular formula is C9H9N3O4. The van der Waals surface area contributed by atoms with Gasteiger partial charge in [0, 0.05) is 19.2 Å². The fraction of sp³-hybridized carbons (Fsp3) is 0.222. The van der Waals surface area contributed by atoms with E-state index >= 15 is 0 Å². The highest BCUT2D eigenvalue weighted by Crippen LogP contribution is 2.34. The lowest BCUT2D eigenvalue weighted by molar-refractivity contribution is -0.384. The summed E-state index contributed by atoms with van der Waals surface area (Å²) in [4.78, 5) is 22.9. The van der Waals surface area contributed by atoms with Crippen molar-refractivity contribution in [3.63, 3.8) is 0 Å². The summed E-state index contributed by atoms with van der Waals surface area (Å²) in [6, 6.07) is 4.00. The largest absolute Gasteiger partial charge is 0.363 e. The number of hydrogen-bond donors (Lipinski definition) is 1. The number of carbonyl (C=O) groups excluding carboxylic acids is 1. The Kier molecular flexibility index (Phi) is 2.24. The lowest BCUT2D eigenvalue weighted by atomic mass is 10.2. The number of non-ortho nitro benzene ring substituents is 1. The standard InChI is InChI=1S/C9H9N3O4/c1-10-5-9(13)11(14)8-4-6(12(15)16)2-3-7(8)10/h2-4,14H,5H2,1H3. The number of nitro groups is 1. The zero-order valence-corrected chi connectivity index (χ0v) is 8.45. The van der Waals surface area contributed by atoms with Crippen molar-refractivity contribution in [1.29, 1.82) is 0 Å². The molecule has 0 bridgehead atoms. The highest BCUT2D eigenvalue weighted by molar-refractivity contribution is 6.01. The molecule has 7 nitrogen and oxygen atoms in total. The average Bonchev–Trinajstić information content (AvgIpc) is 2.25. The second-order valence-electron chi connectivity index (χ2n) is 3.49. The predicted molar refractivity (Wildman–Crippen MR) is 55.6 cm³/mol. The number of rotatable bonds is 1. The molecule has 1 amide bonds. The van der Waals surface area contributed by atoms with E-state index < -0.39 is 10.8 Å². The number of nitrogens with zero attached hydrogens (tertiary/aromatic N) is 3. The summed E-state index contributed by atoms with van der Waals surface area (Å²) in [6.45, 7) is 0.0430. The molecule has 0 aromatic heterocycles. The van der Waals surface area contributed by atoms with Crippen LogP contribution in [0, 0.1) is 10.1 Å². The minimum atomic E-state index is -0.576. The van der Waals surface area contributed by atoms with Crippen molar-refractivity contribution < 1.29 is 14.9 Å². The van der Waals surface area contributed by atoms with Crippen LogP contribution in [-0.4, -0.2) is 29.6 Å². The molecule has 2 rings (SSSR count). The average molecular weight is 223 g/mol. The Bertz CT molecular complexity index is 474. The monoisotopic (exact) mass is 223 g/mol. The summed E-state index contributed by atoms with van der Waals surface area (Å²) in [5.41, 5.74) is 0.543. The van der Waals surface area contributed by atoms with Crippen molar-refractivity contribution in [1.82, 2.24) is 0 Å². The fourth-order valence-electron chi connectivity index (χ4n) is 1.61. The molecule has 1 heterocycles. The number of likely N-dealkylation sites (N-methyl/N-ethyl adjacent to an activating group) is 1. The smallest absolute Gasteiger partial charge is 0.271 e. The van der Waals surface area contributed by atoms with E-state index in [2.05, 4.69) is 0 Å². The molecule has 0 fully saturated rings. The van der Waals surface area contributed by atoms with Gasteiger partial charge in [-0.25, -0.2) is 0 Å². The molecule has 0 aliphatic carbocycles. The maximum atomic E-state index is 11.3. The highest BCUT2D eigenvalue weighted by Gasteiger charge is 2.28. The molecule has 0 atom stereocenters. The number of amides is 1. The normalized spacial score (nSPS) is 15.0. The molecule has 1 aliphatic rings. The molecule has 0 saturated heterocycles. The van der Waals surface area contributed by atoms with Crippen molar-refractivity contribution in [2.45, 2.75) is 0 Å². The van der Waals surface area contributed by atoms with Crippen LogP contribution < -0.4 is 9.96 Å². The summed E-state index contributed by atoms with van der Waals surface area (Å²) in [7, 11) is 1.68. The first-order valence-corrected chi connectivity index (χ1v) is 4.52. The summed E-state index contributed by atoms with van der Waals surface area (Å²) in [6.07, 6.45) is 0. The Morgan fingerprint density at radius 2 is 2.12 bits per heavy atom. The number of carbonyl (C=O) groups is 1. The number of nitro benzene ring substituents is 1. The minimum absolute atomic E-state index is 0.0430. The number of hydroxylamine groups is 1. The van der Waals surface area contributed by atoms with Gasteiger partial charge in [-0.1, -0.05) is 0 Å². The number of anilines is 2. The van der Waals surface area contributed by atoms with E-state index in [1.807, 2.05) is 0 Å². The van der Waals surface area contributed by atoms with E-state index in [1.165, 1.54) is 18.2 Å². The third-order valence-corrected chi connectivity index (χ3v) is 2.42. The van der Waals surface area contributed by atoms with Gasteiger partial charge in [0.25, 0.3) is 11.6 Å². The van der Waals surface area contributed by atoms with Gasteiger partial charge in [0.2, 0.25) is 0 Å². The van der Waals surface area contributed by atoms with Gasteiger partial charge >= 0.3 is 0 Å². The third-order valence-electron chi connectivity index (χ3n) is 2.42. The molecular weight excluding hydrogens is 214 g/mol. The molecule has 7 heteroatoms. The zero-order valence-electron chi connectivity index (χ0n) is 8.45. The second-order valence-corrected chi connectivity index (χ2v) is 3.49. The number of benzene rings is 1. The Labute approximate surface area is 90.6 Å². The van der Waals surface area contributed by atoms with Crippen LogP contribution in [0.4, 0.5) is 17.1 Å². The lowest BCUT2D eigenvalue weighted by Gasteiger charge is -2.30. The summed E-state index contributed by atoms with van der Waals surface area (Å²) in [5.74, 6) is -0.518. The predicted octanol–water partition coefficient (Wildman–Crippen LogP) is 0.767. The van der Waals surface area contributed by atoms with E-state index in [0.717, 1.165) is 0 Å². The quantitative estimate of drug-likeness (QED) is 0.431. The summed E-state index contributed by atoms with van der Waals surface area (Å²) in [5, 5.41) is 20.5. The van der Waals surface area contributed by atoms with E-state index in [4.69, 9.17) is 0 Å². The molecule has 0 spiro atoms. The highest BCUT2D eigenvalue weighted by atomic mass is 16.6. The molecule has 0 radical (unpaired) electrons. The van der Waals surface area contributed by atoms with Gasteiger partial charge in [-0.15, -0.1) is 0 Å². The fourth-order valence-corrected chi connectivity index (χ4v) is 1.61. The van der Waals surface area contributed by atoms with Crippen LogP contribution in [0.2, 0.25) is 0 Å². The summed E-state index contributed by atoms with van der Waals surface area (Å²) >= 11 is 0. The van der Waals surface area contributed by atoms with Crippen LogP contribution in [-0.2, 0) is 4.79 Å². The topological polar surface area (TPSA) is 86.9 Å². The van der Waals surface area contributed by atoms with E-state index in [1.54, 1.807) is 11.9 Å². The van der Waals surface area contributed by atoms with Gasteiger partial charge in [0.1, 0.15) is 5.69 Å². The Morgan fingerprint density at radius 3 is 2.75 bits per heavy atom. The zero-order chi connectivity index (χ0) is 11.9. The number of fused-ring (bicyclic) bond motifs is 1. The molecule has 16 heavy (non-hydrogen) atoms. The van der Waals surface area contributed by atoms with Crippen molar-refractivity contribution in [2.24, 2.45) is 0 Å². The first kappa shape index (κ1) is 10.4. The molecule has 84 valence electrons. The van der Waals surface area contributed by atoms with Crippen LogP contribution in [0.1, 0.15) is 0 Å². The molecule has 0 unspecified atom stereocenters. The van der Waals surface area contributed by atoms with Crippen LogP contribution in [0.25, 0.3) is 0 Å². The van der Waals surface area contributed by atoms with Gasteiger partial charge in [-0.2, -0.15) is 5.06 Å². The van der Waals surface area contributed by atoms with Crippen LogP contribution in [0.5, 0.6) is 0 Å². The van der Waals surface area contributed by atoms with Crippen molar-refractivity contribution >= 4 is 23.0 Å². The Morgan fingerprint density at radius 1 is 1.44 bits per heavy atom. The lowest BCUT2D eigenvalue weighted by Crippen LogP contribution is -2.42. The molecule has 1 N–H and O–H groups in total. The van der Waals surface area contributed by atoms with Gasteiger partial charge in [0.05, 0.1) is 17.2 Å². The SMILES string of the molecule is CN1CC(=O)N(O)c2cc([N+](=O)[O-])ccc21. The van der Waals surface area contributed by atoms with Crippen LogP contribution in [0.15, 0.2) is 18.2 Å². The van der Waals surface area contributed by atoms with Crippen LogP contribution in [0.3, 0.4) is 0 Å². The van der Waals surface area contributed by atoms with Crippen molar-refractivity contribution in [2.75, 3.05) is 23.6 Å². The van der Waals surface area contributed by atoms with Crippen molar-refractivity contribution in [3.05, 3.63) is 28.3 Å². The van der Waals surface area contributed by atoms with E-state index in [9.17, 15) is 20.1 Å². The van der Waals surface area contributed by atoms with Gasteiger partial charge in [-0.05, 0) is 6.07 Å². The summed E-state index contributed by atoms with van der Waals surface area (Å²) < 4.78 is 0. The molecule has 0 saturated carbocycles. The van der Waals surface area contributed by atoms with E-state index in [0.29, 0.717) is 10.8 Å².